The van der Waals surface area contributed by atoms with Gasteiger partial charge in [-0.2, -0.15) is 4.98 Å². The summed E-state index contributed by atoms with van der Waals surface area (Å²) in [5.41, 5.74) is 0.769. The maximum atomic E-state index is 12.1. The van der Waals surface area contributed by atoms with Crippen molar-refractivity contribution >= 4 is 11.8 Å². The van der Waals surface area contributed by atoms with E-state index in [2.05, 4.69) is 19.9 Å². The van der Waals surface area contributed by atoms with Gasteiger partial charge >= 0.3 is 0 Å². The maximum absolute atomic E-state index is 12.1. The van der Waals surface area contributed by atoms with E-state index in [0.717, 1.165) is 44.2 Å². The third kappa shape index (κ3) is 3.55. The zero-order chi connectivity index (χ0) is 17.1. The molecule has 3 rings (SSSR count). The highest BCUT2D eigenvalue weighted by Gasteiger charge is 2.21. The summed E-state index contributed by atoms with van der Waals surface area (Å²) in [6.45, 7) is 4.45. The van der Waals surface area contributed by atoms with Gasteiger partial charge in [0.1, 0.15) is 5.82 Å². The average Bonchev–Trinajstić information content (AvgIpc) is 2.60. The van der Waals surface area contributed by atoms with Crippen LogP contribution in [0.2, 0.25) is 0 Å². The molecule has 1 fully saturated rings. The predicted molar refractivity (Wildman–Crippen MR) is 94.5 cm³/mol. The number of piperidine rings is 1. The third-order valence-corrected chi connectivity index (χ3v) is 4.49. The SMILES string of the molecule is Cc1cncn(CC2CCN(c3ccnc(N(C)C)n3)CC2)c1=O. The molecule has 2 aromatic heterocycles. The Labute approximate surface area is 142 Å². The van der Waals surface area contributed by atoms with E-state index >= 15 is 0 Å². The van der Waals surface area contributed by atoms with Crippen molar-refractivity contribution < 1.29 is 0 Å². The zero-order valence-corrected chi connectivity index (χ0v) is 14.5. The molecule has 1 saturated heterocycles. The largest absolute Gasteiger partial charge is 0.356 e. The molecule has 128 valence electrons. The molecule has 0 amide bonds. The van der Waals surface area contributed by atoms with Crippen LogP contribution in [-0.4, -0.2) is 46.7 Å². The molecule has 0 spiro atoms. The minimum absolute atomic E-state index is 0.0684. The minimum Gasteiger partial charge on any atom is -0.356 e. The van der Waals surface area contributed by atoms with E-state index in [1.807, 2.05) is 38.2 Å². The fraction of sp³-hybridized carbons (Fsp3) is 0.529. The molecule has 0 unspecified atom stereocenters. The highest BCUT2D eigenvalue weighted by Crippen LogP contribution is 2.23. The van der Waals surface area contributed by atoms with Crippen molar-refractivity contribution in [1.29, 1.82) is 0 Å². The number of hydrogen-bond acceptors (Lipinski definition) is 6. The molecule has 0 atom stereocenters. The van der Waals surface area contributed by atoms with E-state index < -0.39 is 0 Å². The first-order valence-electron chi connectivity index (χ1n) is 8.31. The van der Waals surface area contributed by atoms with Gasteiger partial charge in [0.2, 0.25) is 5.95 Å². The Balaban J connectivity index is 1.63. The van der Waals surface area contributed by atoms with Crippen LogP contribution in [0.3, 0.4) is 0 Å². The summed E-state index contributed by atoms with van der Waals surface area (Å²) < 4.78 is 1.74. The quantitative estimate of drug-likeness (QED) is 0.843. The molecule has 0 bridgehead atoms. The molecule has 2 aromatic rings. The van der Waals surface area contributed by atoms with Gasteiger partial charge in [0, 0.05) is 51.7 Å². The van der Waals surface area contributed by atoms with E-state index in [4.69, 9.17) is 0 Å². The van der Waals surface area contributed by atoms with Crippen LogP contribution in [0.1, 0.15) is 18.4 Å². The summed E-state index contributed by atoms with van der Waals surface area (Å²) in [5, 5.41) is 0. The van der Waals surface area contributed by atoms with E-state index in [-0.39, 0.29) is 5.56 Å². The molecular weight excluding hydrogens is 304 g/mol. The van der Waals surface area contributed by atoms with Crippen molar-refractivity contribution in [3.8, 4) is 0 Å². The number of nitrogens with zero attached hydrogens (tertiary/aromatic N) is 6. The zero-order valence-electron chi connectivity index (χ0n) is 14.5. The normalized spacial score (nSPS) is 15.5. The number of anilines is 2. The number of aryl methyl sites for hydroxylation is 1. The van der Waals surface area contributed by atoms with Crippen molar-refractivity contribution in [2.45, 2.75) is 26.3 Å². The Hall–Kier alpha value is -2.44. The van der Waals surface area contributed by atoms with Crippen LogP contribution in [0, 0.1) is 12.8 Å². The van der Waals surface area contributed by atoms with Crippen LogP contribution in [0.25, 0.3) is 0 Å². The fourth-order valence-electron chi connectivity index (χ4n) is 3.04. The molecule has 0 aromatic carbocycles. The van der Waals surface area contributed by atoms with Crippen molar-refractivity contribution in [3.05, 3.63) is 40.7 Å². The molecule has 24 heavy (non-hydrogen) atoms. The molecule has 1 aliphatic rings. The van der Waals surface area contributed by atoms with Gasteiger partial charge in [0.05, 0.1) is 6.33 Å². The second-order valence-corrected chi connectivity index (χ2v) is 6.57. The van der Waals surface area contributed by atoms with Gasteiger partial charge in [-0.1, -0.05) is 0 Å². The summed E-state index contributed by atoms with van der Waals surface area (Å²) in [4.78, 5) is 29.3. The molecule has 3 heterocycles. The van der Waals surface area contributed by atoms with E-state index in [0.29, 0.717) is 11.5 Å². The molecule has 1 aliphatic heterocycles. The first kappa shape index (κ1) is 16.4. The smallest absolute Gasteiger partial charge is 0.256 e. The fourth-order valence-corrected chi connectivity index (χ4v) is 3.04. The first-order valence-corrected chi connectivity index (χ1v) is 8.31. The van der Waals surface area contributed by atoms with Gasteiger partial charge in [-0.3, -0.25) is 9.36 Å². The Kier molecular flexibility index (Phi) is 4.78. The Morgan fingerprint density at radius 1 is 1.29 bits per heavy atom. The van der Waals surface area contributed by atoms with Crippen LogP contribution in [0.15, 0.2) is 29.6 Å². The lowest BCUT2D eigenvalue weighted by Crippen LogP contribution is -2.37. The summed E-state index contributed by atoms with van der Waals surface area (Å²) in [7, 11) is 3.89. The van der Waals surface area contributed by atoms with Crippen LogP contribution in [-0.2, 0) is 6.54 Å². The van der Waals surface area contributed by atoms with Gasteiger partial charge in [-0.05, 0) is 31.7 Å². The highest BCUT2D eigenvalue weighted by molar-refractivity contribution is 5.43. The van der Waals surface area contributed by atoms with Gasteiger partial charge in [-0.15, -0.1) is 0 Å². The van der Waals surface area contributed by atoms with Gasteiger partial charge in [0.25, 0.3) is 5.56 Å². The van der Waals surface area contributed by atoms with Crippen molar-refractivity contribution in [2.24, 2.45) is 5.92 Å². The lowest BCUT2D eigenvalue weighted by molar-refractivity contribution is 0.349. The lowest BCUT2D eigenvalue weighted by Gasteiger charge is -2.33. The summed E-state index contributed by atoms with van der Waals surface area (Å²) in [6.07, 6.45) is 7.17. The van der Waals surface area contributed by atoms with E-state index in [1.54, 1.807) is 17.1 Å². The molecule has 0 aliphatic carbocycles. The first-order chi connectivity index (χ1) is 11.5. The molecule has 0 saturated carbocycles. The van der Waals surface area contributed by atoms with Gasteiger partial charge in [-0.25, -0.2) is 9.97 Å². The topological polar surface area (TPSA) is 67.2 Å². The Morgan fingerprint density at radius 3 is 2.75 bits per heavy atom. The van der Waals surface area contributed by atoms with E-state index in [1.165, 1.54) is 0 Å². The molecule has 0 N–H and O–H groups in total. The number of aromatic nitrogens is 4. The predicted octanol–water partition coefficient (Wildman–Crippen LogP) is 1.32. The highest BCUT2D eigenvalue weighted by atomic mass is 16.1. The monoisotopic (exact) mass is 328 g/mol. The number of hydrogen-bond donors (Lipinski definition) is 0. The van der Waals surface area contributed by atoms with Crippen molar-refractivity contribution in [2.75, 3.05) is 37.0 Å². The standard InChI is InChI=1S/C17H24N6O/c1-13-10-18-12-23(16(13)24)11-14-5-8-22(9-6-14)15-4-7-19-17(20-15)21(2)3/h4,7,10,12,14H,5-6,8-9,11H2,1-3H3. The summed E-state index contributed by atoms with van der Waals surface area (Å²) in [5.74, 6) is 2.20. The minimum atomic E-state index is 0.0684. The molecule has 7 heteroatoms. The van der Waals surface area contributed by atoms with Crippen LogP contribution >= 0.6 is 0 Å². The second-order valence-electron chi connectivity index (χ2n) is 6.57. The van der Waals surface area contributed by atoms with Crippen molar-refractivity contribution in [1.82, 2.24) is 19.5 Å². The van der Waals surface area contributed by atoms with Crippen LogP contribution in [0.5, 0.6) is 0 Å². The van der Waals surface area contributed by atoms with Crippen molar-refractivity contribution in [3.63, 3.8) is 0 Å². The summed E-state index contributed by atoms with van der Waals surface area (Å²) in [6, 6.07) is 1.96. The molecular formula is C17H24N6O. The average molecular weight is 328 g/mol. The summed E-state index contributed by atoms with van der Waals surface area (Å²) >= 11 is 0. The van der Waals surface area contributed by atoms with Crippen LogP contribution in [0.4, 0.5) is 11.8 Å². The third-order valence-electron chi connectivity index (χ3n) is 4.49. The Bertz CT molecular complexity index is 749. The molecule has 0 radical (unpaired) electrons. The number of rotatable bonds is 4. The van der Waals surface area contributed by atoms with E-state index in [9.17, 15) is 4.79 Å². The Morgan fingerprint density at radius 2 is 2.04 bits per heavy atom. The molecule has 7 nitrogen and oxygen atoms in total. The van der Waals surface area contributed by atoms with Gasteiger partial charge < -0.3 is 9.80 Å². The second kappa shape index (κ2) is 6.98. The lowest BCUT2D eigenvalue weighted by atomic mass is 9.96. The van der Waals surface area contributed by atoms with Crippen LogP contribution < -0.4 is 15.4 Å². The maximum Gasteiger partial charge on any atom is 0.256 e. The van der Waals surface area contributed by atoms with Gasteiger partial charge in [0.15, 0.2) is 0 Å².